The first kappa shape index (κ1) is 23.5. The minimum absolute atomic E-state index is 0.147. The monoisotopic (exact) mass is 472 g/mol. The van der Waals surface area contributed by atoms with Gasteiger partial charge in [0.05, 0.1) is 13.2 Å². The number of amides is 1. The molecule has 1 unspecified atom stereocenters. The molecule has 1 amide bonds. The second-order valence-electron chi connectivity index (χ2n) is 8.11. The molecule has 1 aliphatic heterocycles. The molecule has 6 heteroatoms. The molecule has 4 rings (SSSR count). The van der Waals surface area contributed by atoms with Gasteiger partial charge in [0.2, 0.25) is 0 Å². The summed E-state index contributed by atoms with van der Waals surface area (Å²) < 4.78 is 11.5. The number of rotatable bonds is 8. The molecule has 34 heavy (non-hydrogen) atoms. The number of thiocarbonyl (C=S) groups is 1. The zero-order valence-corrected chi connectivity index (χ0v) is 20.4. The highest BCUT2D eigenvalue weighted by atomic mass is 32.1. The summed E-state index contributed by atoms with van der Waals surface area (Å²) in [5.74, 6) is 1.38. The van der Waals surface area contributed by atoms with Gasteiger partial charge in [-0.25, -0.2) is 0 Å². The average Bonchev–Trinajstić information content (AvgIpc) is 3.15. The topological polar surface area (TPSA) is 50.8 Å². The van der Waals surface area contributed by atoms with Crippen molar-refractivity contribution in [3.05, 3.63) is 101 Å². The number of aryl methyl sites for hydroxylation is 1. The predicted molar refractivity (Wildman–Crippen MR) is 139 cm³/mol. The largest absolute Gasteiger partial charge is 0.496 e. The minimum atomic E-state index is -0.168. The fourth-order valence-corrected chi connectivity index (χ4v) is 4.28. The molecule has 3 aromatic rings. The Morgan fingerprint density at radius 1 is 1.06 bits per heavy atom. The summed E-state index contributed by atoms with van der Waals surface area (Å²) in [5.41, 5.74) is 4.48. The SMILES string of the molecule is CCc1ccc(OCc2cc(/C=C3\NC(=S)N(C(C)c4ccccc4)C3=O)ccc2OC)cc1. The molecule has 1 saturated heterocycles. The van der Waals surface area contributed by atoms with Crippen molar-refractivity contribution >= 4 is 29.3 Å². The fraction of sp³-hybridized carbons (Fsp3) is 0.214. The van der Waals surface area contributed by atoms with Crippen LogP contribution in [0.3, 0.4) is 0 Å². The standard InChI is InChI=1S/C28H28N2O3S/c1-4-20-10-13-24(14-11-20)33-18-23-16-21(12-15-26(23)32-3)17-25-27(31)30(28(34)29-25)19(2)22-8-6-5-7-9-22/h5-17,19H,4,18H2,1-3H3,(H,29,34)/b25-17-. The van der Waals surface area contributed by atoms with Gasteiger partial charge in [0.15, 0.2) is 5.11 Å². The highest BCUT2D eigenvalue weighted by Crippen LogP contribution is 2.28. The smallest absolute Gasteiger partial charge is 0.277 e. The second-order valence-corrected chi connectivity index (χ2v) is 8.49. The van der Waals surface area contributed by atoms with Gasteiger partial charge in [-0.15, -0.1) is 0 Å². The molecule has 1 fully saturated rings. The van der Waals surface area contributed by atoms with Gasteiger partial charge in [0.25, 0.3) is 5.91 Å². The normalized spacial score (nSPS) is 15.4. The molecule has 0 saturated carbocycles. The molecule has 174 valence electrons. The number of nitrogens with zero attached hydrogens (tertiary/aromatic N) is 1. The van der Waals surface area contributed by atoms with Crippen molar-refractivity contribution in [1.82, 2.24) is 10.2 Å². The Bertz CT molecular complexity index is 1210. The average molecular weight is 473 g/mol. The lowest BCUT2D eigenvalue weighted by Crippen LogP contribution is -2.33. The Morgan fingerprint density at radius 3 is 2.47 bits per heavy atom. The Labute approximate surface area is 206 Å². The number of benzene rings is 3. The zero-order chi connectivity index (χ0) is 24.1. The number of ether oxygens (including phenoxy) is 2. The summed E-state index contributed by atoms with van der Waals surface area (Å²) in [6.07, 6.45) is 2.80. The second kappa shape index (κ2) is 10.5. The van der Waals surface area contributed by atoms with E-state index in [4.69, 9.17) is 21.7 Å². The lowest BCUT2D eigenvalue weighted by atomic mass is 10.1. The highest BCUT2D eigenvalue weighted by molar-refractivity contribution is 7.80. The summed E-state index contributed by atoms with van der Waals surface area (Å²) in [7, 11) is 1.64. The molecule has 1 aliphatic rings. The third-order valence-electron chi connectivity index (χ3n) is 5.92. The van der Waals surface area contributed by atoms with Gasteiger partial charge in [-0.2, -0.15) is 0 Å². The van der Waals surface area contributed by atoms with Gasteiger partial charge < -0.3 is 14.8 Å². The first-order valence-corrected chi connectivity index (χ1v) is 11.7. The quantitative estimate of drug-likeness (QED) is 0.339. The third kappa shape index (κ3) is 5.13. The lowest BCUT2D eigenvalue weighted by Gasteiger charge is -2.23. The van der Waals surface area contributed by atoms with Gasteiger partial charge in [-0.05, 0) is 72.6 Å². The summed E-state index contributed by atoms with van der Waals surface area (Å²) in [6, 6.07) is 23.5. The lowest BCUT2D eigenvalue weighted by molar-refractivity contribution is -0.123. The van der Waals surface area contributed by atoms with Crippen molar-refractivity contribution < 1.29 is 14.3 Å². The van der Waals surface area contributed by atoms with Gasteiger partial charge in [0, 0.05) is 5.56 Å². The van der Waals surface area contributed by atoms with E-state index in [2.05, 4.69) is 24.4 Å². The first-order chi connectivity index (χ1) is 16.5. The summed E-state index contributed by atoms with van der Waals surface area (Å²) in [5, 5.41) is 3.48. The molecule has 0 spiro atoms. The third-order valence-corrected chi connectivity index (χ3v) is 6.22. The minimum Gasteiger partial charge on any atom is -0.496 e. The van der Waals surface area contributed by atoms with Crippen molar-refractivity contribution in [2.45, 2.75) is 32.9 Å². The molecule has 0 radical (unpaired) electrons. The summed E-state index contributed by atoms with van der Waals surface area (Å²) in [6.45, 7) is 4.45. The first-order valence-electron chi connectivity index (χ1n) is 11.3. The zero-order valence-electron chi connectivity index (χ0n) is 19.6. The predicted octanol–water partition coefficient (Wildman–Crippen LogP) is 5.66. The van der Waals surface area contributed by atoms with Crippen LogP contribution in [0.2, 0.25) is 0 Å². The van der Waals surface area contributed by atoms with Gasteiger partial charge in [-0.1, -0.05) is 55.5 Å². The van der Waals surface area contributed by atoms with Crippen molar-refractivity contribution in [1.29, 1.82) is 0 Å². The van der Waals surface area contributed by atoms with Crippen LogP contribution >= 0.6 is 12.2 Å². The number of carbonyl (C=O) groups excluding carboxylic acids is 1. The maximum atomic E-state index is 13.2. The number of methoxy groups -OCH3 is 1. The van der Waals surface area contributed by atoms with Crippen molar-refractivity contribution in [3.8, 4) is 11.5 Å². The Morgan fingerprint density at radius 2 is 1.79 bits per heavy atom. The molecule has 0 bridgehead atoms. The van der Waals surface area contributed by atoms with Crippen LogP contribution in [-0.4, -0.2) is 23.0 Å². The summed E-state index contributed by atoms with van der Waals surface area (Å²) >= 11 is 5.48. The van der Waals surface area contributed by atoms with Crippen molar-refractivity contribution in [2.24, 2.45) is 0 Å². The molecular formula is C28H28N2O3S. The maximum absolute atomic E-state index is 13.2. The number of nitrogens with one attached hydrogen (secondary N) is 1. The van der Waals surface area contributed by atoms with E-state index in [1.54, 1.807) is 12.0 Å². The van der Waals surface area contributed by atoms with Crippen LogP contribution in [-0.2, 0) is 17.8 Å². The van der Waals surface area contributed by atoms with Crippen molar-refractivity contribution in [2.75, 3.05) is 7.11 Å². The molecule has 1 heterocycles. The molecular weight excluding hydrogens is 444 g/mol. The van der Waals surface area contributed by atoms with E-state index in [1.165, 1.54) is 5.56 Å². The molecule has 0 aliphatic carbocycles. The van der Waals surface area contributed by atoms with Crippen LogP contribution in [0.1, 0.15) is 42.1 Å². The highest BCUT2D eigenvalue weighted by Gasteiger charge is 2.34. The summed E-state index contributed by atoms with van der Waals surface area (Å²) in [4.78, 5) is 14.8. The molecule has 1 atom stereocenters. The molecule has 0 aromatic heterocycles. The van der Waals surface area contributed by atoms with Gasteiger partial charge in [-0.3, -0.25) is 9.69 Å². The van der Waals surface area contributed by atoms with E-state index in [9.17, 15) is 4.79 Å². The fourth-order valence-electron chi connectivity index (χ4n) is 3.93. The van der Waals surface area contributed by atoms with E-state index >= 15 is 0 Å². The molecule has 1 N–H and O–H groups in total. The van der Waals surface area contributed by atoms with Gasteiger partial charge in [0.1, 0.15) is 23.8 Å². The Kier molecular flexibility index (Phi) is 7.28. The number of hydrogen-bond donors (Lipinski definition) is 1. The van der Waals surface area contributed by atoms with E-state index in [-0.39, 0.29) is 11.9 Å². The van der Waals surface area contributed by atoms with Crippen LogP contribution in [0.5, 0.6) is 11.5 Å². The van der Waals surface area contributed by atoms with E-state index in [0.717, 1.165) is 34.6 Å². The van der Waals surface area contributed by atoms with Crippen LogP contribution in [0.25, 0.3) is 6.08 Å². The molecule has 3 aromatic carbocycles. The Balaban J connectivity index is 1.53. The molecule has 5 nitrogen and oxygen atoms in total. The van der Waals surface area contributed by atoms with Crippen LogP contribution in [0, 0.1) is 0 Å². The number of carbonyl (C=O) groups is 1. The van der Waals surface area contributed by atoms with Crippen LogP contribution < -0.4 is 14.8 Å². The Hall–Kier alpha value is -3.64. The van der Waals surface area contributed by atoms with E-state index in [1.807, 2.05) is 73.7 Å². The number of hydrogen-bond acceptors (Lipinski definition) is 4. The van der Waals surface area contributed by atoms with Crippen LogP contribution in [0.4, 0.5) is 0 Å². The van der Waals surface area contributed by atoms with E-state index in [0.29, 0.717) is 17.4 Å². The van der Waals surface area contributed by atoms with Crippen LogP contribution in [0.15, 0.2) is 78.5 Å². The van der Waals surface area contributed by atoms with Gasteiger partial charge >= 0.3 is 0 Å². The van der Waals surface area contributed by atoms with Crippen molar-refractivity contribution in [3.63, 3.8) is 0 Å². The maximum Gasteiger partial charge on any atom is 0.277 e. The van der Waals surface area contributed by atoms with E-state index < -0.39 is 0 Å².